The highest BCUT2D eigenvalue weighted by Crippen LogP contribution is 2.15. The molecule has 0 aliphatic heterocycles. The van der Waals surface area contributed by atoms with Gasteiger partial charge in [-0.05, 0) is 17.5 Å². The van der Waals surface area contributed by atoms with Gasteiger partial charge in [0.2, 0.25) is 5.12 Å². The van der Waals surface area contributed by atoms with E-state index in [1.54, 1.807) is 0 Å². The average molecular weight is 179 g/mol. The van der Waals surface area contributed by atoms with Gasteiger partial charge in [-0.3, -0.25) is 9.93 Å². The molecule has 0 amide bonds. The highest BCUT2D eigenvalue weighted by molar-refractivity contribution is 8.12. The van der Waals surface area contributed by atoms with Crippen LogP contribution in [0.1, 0.15) is 5.56 Å². The van der Waals surface area contributed by atoms with E-state index in [4.69, 9.17) is 5.14 Å². The molecule has 0 unspecified atom stereocenters. The fraction of sp³-hybridized carbons (Fsp3) is 0. The maximum absolute atomic E-state index is 11.1. The second-order valence-corrected chi connectivity index (χ2v) is 2.86. The Morgan fingerprint density at radius 2 is 1.92 bits per heavy atom. The normalized spacial score (nSPS) is 9.42. The topological polar surface area (TPSA) is 43.1 Å². The fourth-order valence-electron chi connectivity index (χ4n) is 0.828. The van der Waals surface area contributed by atoms with E-state index in [1.165, 1.54) is 0 Å². The summed E-state index contributed by atoms with van der Waals surface area (Å²) in [7, 11) is 0. The summed E-state index contributed by atoms with van der Waals surface area (Å²) >= 11 is 0.689. The maximum Gasteiger partial charge on any atom is 0.233 e. The molecule has 0 aromatic heterocycles. The Balaban J connectivity index is 2.86. The van der Waals surface area contributed by atoms with Crippen molar-refractivity contribution in [2.75, 3.05) is 0 Å². The summed E-state index contributed by atoms with van der Waals surface area (Å²) in [6, 6.07) is 9.26. The summed E-state index contributed by atoms with van der Waals surface area (Å²) in [5.41, 5.74) is 1.27. The third-order valence-corrected chi connectivity index (χ3v) is 1.94. The van der Waals surface area contributed by atoms with Crippen molar-refractivity contribution >= 4 is 22.6 Å². The predicted molar refractivity (Wildman–Crippen MR) is 52.3 cm³/mol. The van der Waals surface area contributed by atoms with Crippen molar-refractivity contribution in [3.63, 3.8) is 0 Å². The second-order valence-electron chi connectivity index (χ2n) is 2.25. The first kappa shape index (κ1) is 9.03. The van der Waals surface area contributed by atoms with Crippen molar-refractivity contribution in [3.05, 3.63) is 42.5 Å². The zero-order valence-electron chi connectivity index (χ0n) is 6.49. The Morgan fingerprint density at radius 3 is 2.42 bits per heavy atom. The van der Waals surface area contributed by atoms with Gasteiger partial charge >= 0.3 is 0 Å². The van der Waals surface area contributed by atoms with Gasteiger partial charge in [-0.15, -0.1) is 0 Å². The van der Waals surface area contributed by atoms with Crippen molar-refractivity contribution in [2.45, 2.75) is 0 Å². The third-order valence-electron chi connectivity index (χ3n) is 1.48. The van der Waals surface area contributed by atoms with E-state index in [0.717, 1.165) is 5.56 Å². The summed E-state index contributed by atoms with van der Waals surface area (Å²) in [5, 5.41) is 4.92. The molecule has 0 aliphatic carbocycles. The molecule has 0 fully saturated rings. The predicted octanol–water partition coefficient (Wildman–Crippen LogP) is 1.83. The van der Waals surface area contributed by atoms with Gasteiger partial charge in [0.25, 0.3) is 0 Å². The van der Waals surface area contributed by atoms with E-state index >= 15 is 0 Å². The van der Waals surface area contributed by atoms with Crippen LogP contribution in [0, 0.1) is 0 Å². The molecular formula is C9H9NOS. The van der Waals surface area contributed by atoms with Crippen molar-refractivity contribution in [2.24, 2.45) is 5.14 Å². The summed E-state index contributed by atoms with van der Waals surface area (Å²) < 4.78 is 0. The van der Waals surface area contributed by atoms with Crippen LogP contribution in [0.2, 0.25) is 0 Å². The van der Waals surface area contributed by atoms with Crippen molar-refractivity contribution < 1.29 is 4.79 Å². The summed E-state index contributed by atoms with van der Waals surface area (Å²) in [6.07, 6.45) is 0. The van der Waals surface area contributed by atoms with Crippen LogP contribution in [0.5, 0.6) is 0 Å². The van der Waals surface area contributed by atoms with Crippen LogP contribution in [0.4, 0.5) is 0 Å². The molecule has 0 radical (unpaired) electrons. The summed E-state index contributed by atoms with van der Waals surface area (Å²) in [5.74, 6) is 0. The van der Waals surface area contributed by atoms with Crippen molar-refractivity contribution in [1.82, 2.24) is 0 Å². The summed E-state index contributed by atoms with van der Waals surface area (Å²) in [6.45, 7) is 3.65. The molecule has 1 aromatic carbocycles. The van der Waals surface area contributed by atoms with E-state index in [0.29, 0.717) is 17.5 Å². The zero-order chi connectivity index (χ0) is 8.97. The van der Waals surface area contributed by atoms with Crippen LogP contribution in [0.3, 0.4) is 0 Å². The molecule has 0 aliphatic rings. The fourth-order valence-corrected chi connectivity index (χ4v) is 1.09. The molecule has 3 heteroatoms. The van der Waals surface area contributed by atoms with Crippen molar-refractivity contribution in [3.8, 4) is 0 Å². The third kappa shape index (κ3) is 1.96. The molecule has 2 N–H and O–H groups in total. The minimum atomic E-state index is -0.193. The van der Waals surface area contributed by atoms with E-state index < -0.39 is 0 Å². The number of benzene rings is 1. The van der Waals surface area contributed by atoms with Gasteiger partial charge in [0.05, 0.1) is 0 Å². The van der Waals surface area contributed by atoms with Gasteiger partial charge in [-0.25, -0.2) is 0 Å². The Morgan fingerprint density at radius 1 is 1.33 bits per heavy atom. The maximum atomic E-state index is 11.1. The van der Waals surface area contributed by atoms with E-state index in [1.807, 2.05) is 30.3 Å². The Bertz CT molecular complexity index is 295. The first-order valence-electron chi connectivity index (χ1n) is 3.41. The molecule has 62 valence electrons. The zero-order valence-corrected chi connectivity index (χ0v) is 7.30. The number of carbonyl (C=O) groups is 1. The Labute approximate surface area is 75.6 Å². The quantitative estimate of drug-likeness (QED) is 0.556. The molecule has 0 heterocycles. The first-order chi connectivity index (χ1) is 5.75. The molecule has 12 heavy (non-hydrogen) atoms. The molecule has 1 aromatic rings. The lowest BCUT2D eigenvalue weighted by atomic mass is 10.1. The van der Waals surface area contributed by atoms with Crippen LogP contribution in [0.25, 0.3) is 5.57 Å². The number of carbonyl (C=O) groups excluding carboxylic acids is 1. The molecule has 1 rings (SSSR count). The van der Waals surface area contributed by atoms with Gasteiger partial charge in [0.15, 0.2) is 0 Å². The summed E-state index contributed by atoms with van der Waals surface area (Å²) in [4.78, 5) is 11.1. The number of nitrogens with two attached hydrogens (primary N) is 1. The molecule has 0 bridgehead atoms. The van der Waals surface area contributed by atoms with Crippen LogP contribution >= 0.6 is 11.9 Å². The molecule has 0 saturated carbocycles. The Kier molecular flexibility index (Phi) is 3.08. The van der Waals surface area contributed by atoms with Crippen LogP contribution in [-0.4, -0.2) is 5.12 Å². The lowest BCUT2D eigenvalue weighted by Crippen LogP contribution is -1.98. The SMILES string of the molecule is C=C(C(=O)SN)c1ccccc1. The molecule has 0 atom stereocenters. The van der Waals surface area contributed by atoms with Crippen LogP contribution < -0.4 is 5.14 Å². The van der Waals surface area contributed by atoms with Crippen molar-refractivity contribution in [1.29, 1.82) is 0 Å². The Hall–Kier alpha value is -1.06. The highest BCUT2D eigenvalue weighted by atomic mass is 32.2. The van der Waals surface area contributed by atoms with Gasteiger partial charge in [-0.2, -0.15) is 0 Å². The van der Waals surface area contributed by atoms with Crippen LogP contribution in [0.15, 0.2) is 36.9 Å². The van der Waals surface area contributed by atoms with E-state index in [2.05, 4.69) is 6.58 Å². The minimum absolute atomic E-state index is 0.193. The van der Waals surface area contributed by atoms with Crippen LogP contribution in [-0.2, 0) is 4.79 Å². The molecule has 2 nitrogen and oxygen atoms in total. The molecule has 0 saturated heterocycles. The second kappa shape index (κ2) is 4.09. The largest absolute Gasteiger partial charge is 0.280 e. The number of hydrogen-bond donors (Lipinski definition) is 1. The monoisotopic (exact) mass is 179 g/mol. The minimum Gasteiger partial charge on any atom is -0.280 e. The van der Waals surface area contributed by atoms with Gasteiger partial charge < -0.3 is 0 Å². The smallest absolute Gasteiger partial charge is 0.233 e. The van der Waals surface area contributed by atoms with E-state index in [-0.39, 0.29) is 5.12 Å². The standard InChI is InChI=1S/C9H9NOS/c1-7(9(11)12-10)8-5-3-2-4-6-8/h2-6H,1,10H2. The highest BCUT2D eigenvalue weighted by Gasteiger charge is 2.06. The van der Waals surface area contributed by atoms with Gasteiger partial charge in [0.1, 0.15) is 0 Å². The molecular weight excluding hydrogens is 170 g/mol. The molecule has 0 spiro atoms. The van der Waals surface area contributed by atoms with Gasteiger partial charge in [0, 0.05) is 5.57 Å². The number of rotatable bonds is 2. The lowest BCUT2D eigenvalue weighted by molar-refractivity contribution is -0.106. The average Bonchev–Trinajstić information content (AvgIpc) is 2.17. The first-order valence-corrected chi connectivity index (χ1v) is 4.29. The van der Waals surface area contributed by atoms with E-state index in [9.17, 15) is 4.79 Å². The lowest BCUT2D eigenvalue weighted by Gasteiger charge is -2.00. The van der Waals surface area contributed by atoms with Gasteiger partial charge in [-0.1, -0.05) is 36.9 Å². The number of hydrogen-bond acceptors (Lipinski definition) is 3.